The highest BCUT2D eigenvalue weighted by atomic mass is 35.5. The van der Waals surface area contributed by atoms with Crippen LogP contribution in [0.1, 0.15) is 11.4 Å². The van der Waals surface area contributed by atoms with Gasteiger partial charge in [-0.25, -0.2) is 18.1 Å². The van der Waals surface area contributed by atoms with Crippen LogP contribution in [0.2, 0.25) is 5.02 Å². The first-order valence-corrected chi connectivity index (χ1v) is 7.80. The van der Waals surface area contributed by atoms with Gasteiger partial charge in [-0.15, -0.1) is 0 Å². The van der Waals surface area contributed by atoms with E-state index < -0.39 is 10.0 Å². The fourth-order valence-electron chi connectivity index (χ4n) is 1.77. The number of nitrogens with two attached hydrogens (primary N) is 1. The van der Waals surface area contributed by atoms with Gasteiger partial charge in [-0.1, -0.05) is 11.6 Å². The summed E-state index contributed by atoms with van der Waals surface area (Å²) in [7, 11) is -3.65. The molecule has 20 heavy (non-hydrogen) atoms. The number of anilines is 1. The number of rotatable bonds is 5. The Morgan fingerprint density at radius 2 is 2.20 bits per heavy atom. The van der Waals surface area contributed by atoms with Gasteiger partial charge in [0.15, 0.2) is 0 Å². The summed E-state index contributed by atoms with van der Waals surface area (Å²) >= 11 is 5.86. The maximum Gasteiger partial charge on any atom is 0.240 e. The molecule has 8 heteroatoms. The van der Waals surface area contributed by atoms with Gasteiger partial charge in [0.05, 0.1) is 4.90 Å². The number of hydrogen-bond acceptors (Lipinski definition) is 4. The predicted octanol–water partition coefficient (Wildman–Crippen LogP) is 1.47. The van der Waals surface area contributed by atoms with E-state index in [0.29, 0.717) is 22.7 Å². The number of nitrogens with one attached hydrogen (secondary N) is 2. The molecular formula is C12H15ClN4O2S. The minimum atomic E-state index is -3.65. The molecule has 0 spiro atoms. The Kier molecular flexibility index (Phi) is 4.32. The Bertz CT molecular complexity index is 698. The predicted molar refractivity (Wildman–Crippen MR) is 78.1 cm³/mol. The Morgan fingerprint density at radius 3 is 2.85 bits per heavy atom. The summed E-state index contributed by atoms with van der Waals surface area (Å²) in [5.74, 6) is 0.718. The number of nitrogens with zero attached hydrogens (tertiary/aromatic N) is 1. The Labute approximate surface area is 122 Å². The van der Waals surface area contributed by atoms with E-state index in [1.807, 2.05) is 0 Å². The summed E-state index contributed by atoms with van der Waals surface area (Å²) in [5, 5.41) is 0.291. The fraction of sp³-hybridized carbons (Fsp3) is 0.250. The van der Waals surface area contributed by atoms with Crippen molar-refractivity contribution in [3.63, 3.8) is 0 Å². The van der Waals surface area contributed by atoms with Crippen LogP contribution in [0.3, 0.4) is 0 Å². The third kappa shape index (κ3) is 3.30. The molecule has 1 aromatic carbocycles. The largest absolute Gasteiger partial charge is 0.398 e. The minimum Gasteiger partial charge on any atom is -0.398 e. The molecule has 0 saturated carbocycles. The van der Waals surface area contributed by atoms with Crippen molar-refractivity contribution in [2.45, 2.75) is 18.2 Å². The van der Waals surface area contributed by atoms with Gasteiger partial charge in [0.1, 0.15) is 5.82 Å². The fourth-order valence-corrected chi connectivity index (χ4v) is 3.39. The van der Waals surface area contributed by atoms with Crippen molar-refractivity contribution >= 4 is 27.3 Å². The molecule has 2 rings (SSSR count). The number of benzene rings is 1. The van der Waals surface area contributed by atoms with Crippen molar-refractivity contribution in [2.24, 2.45) is 0 Å². The van der Waals surface area contributed by atoms with Gasteiger partial charge >= 0.3 is 0 Å². The van der Waals surface area contributed by atoms with Gasteiger partial charge in [0.25, 0.3) is 0 Å². The summed E-state index contributed by atoms with van der Waals surface area (Å²) in [5.41, 5.74) is 6.57. The molecule has 4 N–H and O–H groups in total. The van der Waals surface area contributed by atoms with Crippen LogP contribution < -0.4 is 10.5 Å². The van der Waals surface area contributed by atoms with Crippen LogP contribution in [0.5, 0.6) is 0 Å². The van der Waals surface area contributed by atoms with E-state index in [1.54, 1.807) is 19.3 Å². The topological polar surface area (TPSA) is 101 Å². The standard InChI is InChI=1S/C12H15ClN4O2S/c1-8-10(14)6-9(13)7-11(8)20(18,19)17-3-2-12-15-4-5-16-12/h4-7,17H,2-3,14H2,1H3,(H,15,16). The van der Waals surface area contributed by atoms with Crippen molar-refractivity contribution in [3.05, 3.63) is 40.9 Å². The Balaban J connectivity index is 2.14. The number of sulfonamides is 1. The zero-order valence-corrected chi connectivity index (χ0v) is 12.4. The van der Waals surface area contributed by atoms with E-state index in [1.165, 1.54) is 12.1 Å². The van der Waals surface area contributed by atoms with Crippen LogP contribution in [0, 0.1) is 6.92 Å². The van der Waals surface area contributed by atoms with Crippen LogP contribution in [0.25, 0.3) is 0 Å². The zero-order valence-electron chi connectivity index (χ0n) is 10.9. The highest BCUT2D eigenvalue weighted by Gasteiger charge is 2.18. The van der Waals surface area contributed by atoms with Gasteiger partial charge in [-0.05, 0) is 24.6 Å². The molecule has 0 fully saturated rings. The van der Waals surface area contributed by atoms with Crippen molar-refractivity contribution in [1.82, 2.24) is 14.7 Å². The van der Waals surface area contributed by atoms with Crippen molar-refractivity contribution in [3.8, 4) is 0 Å². The van der Waals surface area contributed by atoms with Crippen LogP contribution in [-0.2, 0) is 16.4 Å². The van der Waals surface area contributed by atoms with E-state index in [9.17, 15) is 8.42 Å². The van der Waals surface area contributed by atoms with Crippen molar-refractivity contribution in [2.75, 3.05) is 12.3 Å². The molecule has 0 saturated heterocycles. The van der Waals surface area contributed by atoms with Crippen LogP contribution in [0.4, 0.5) is 5.69 Å². The molecule has 6 nitrogen and oxygen atoms in total. The molecule has 0 atom stereocenters. The molecule has 2 aromatic rings. The highest BCUT2D eigenvalue weighted by Crippen LogP contribution is 2.25. The Hall–Kier alpha value is -1.57. The first-order valence-electron chi connectivity index (χ1n) is 5.93. The number of aromatic nitrogens is 2. The van der Waals surface area contributed by atoms with Gasteiger partial charge in [-0.2, -0.15) is 0 Å². The smallest absolute Gasteiger partial charge is 0.240 e. The van der Waals surface area contributed by atoms with Crippen LogP contribution in [0.15, 0.2) is 29.4 Å². The lowest BCUT2D eigenvalue weighted by Crippen LogP contribution is -2.27. The molecule has 1 heterocycles. The van der Waals surface area contributed by atoms with E-state index in [0.717, 1.165) is 5.82 Å². The summed E-state index contributed by atoms with van der Waals surface area (Å²) in [6.07, 6.45) is 3.78. The quantitative estimate of drug-likeness (QED) is 0.727. The Morgan fingerprint density at radius 1 is 1.45 bits per heavy atom. The van der Waals surface area contributed by atoms with E-state index in [2.05, 4.69) is 14.7 Å². The van der Waals surface area contributed by atoms with Gasteiger partial charge < -0.3 is 10.7 Å². The molecular weight excluding hydrogens is 300 g/mol. The molecule has 0 radical (unpaired) electrons. The van der Waals surface area contributed by atoms with Crippen LogP contribution >= 0.6 is 11.6 Å². The lowest BCUT2D eigenvalue weighted by Gasteiger charge is -2.11. The number of hydrogen-bond donors (Lipinski definition) is 3. The van der Waals surface area contributed by atoms with Crippen molar-refractivity contribution in [1.29, 1.82) is 0 Å². The van der Waals surface area contributed by atoms with Crippen molar-refractivity contribution < 1.29 is 8.42 Å². The monoisotopic (exact) mass is 314 g/mol. The SMILES string of the molecule is Cc1c(N)cc(Cl)cc1S(=O)(=O)NCCc1ncc[nH]1. The maximum absolute atomic E-state index is 12.2. The zero-order chi connectivity index (χ0) is 14.8. The second-order valence-corrected chi connectivity index (χ2v) is 6.47. The number of nitrogen functional groups attached to an aromatic ring is 1. The average molecular weight is 315 g/mol. The van der Waals surface area contributed by atoms with Gasteiger partial charge in [-0.3, -0.25) is 0 Å². The van der Waals surface area contributed by atoms with E-state index >= 15 is 0 Å². The molecule has 1 aromatic heterocycles. The average Bonchev–Trinajstić information content (AvgIpc) is 2.86. The summed E-state index contributed by atoms with van der Waals surface area (Å²) in [6.45, 7) is 1.88. The molecule has 0 aliphatic heterocycles. The second kappa shape index (κ2) is 5.82. The number of imidazole rings is 1. The minimum absolute atomic E-state index is 0.0990. The molecule has 0 aliphatic carbocycles. The molecule has 0 aliphatic rings. The maximum atomic E-state index is 12.2. The van der Waals surface area contributed by atoms with Crippen LogP contribution in [-0.4, -0.2) is 24.9 Å². The molecule has 0 amide bonds. The second-order valence-electron chi connectivity index (χ2n) is 4.30. The third-order valence-corrected chi connectivity index (χ3v) is 4.67. The normalized spacial score (nSPS) is 11.7. The van der Waals surface area contributed by atoms with E-state index in [-0.39, 0.29) is 11.4 Å². The highest BCUT2D eigenvalue weighted by molar-refractivity contribution is 7.89. The molecule has 108 valence electrons. The summed E-state index contributed by atoms with van der Waals surface area (Å²) < 4.78 is 27.0. The third-order valence-electron chi connectivity index (χ3n) is 2.86. The lowest BCUT2D eigenvalue weighted by molar-refractivity contribution is 0.580. The first-order chi connectivity index (χ1) is 9.40. The summed E-state index contributed by atoms with van der Waals surface area (Å²) in [4.78, 5) is 7.03. The first kappa shape index (κ1) is 14.8. The number of H-pyrrole nitrogens is 1. The molecule has 0 unspecified atom stereocenters. The van der Waals surface area contributed by atoms with E-state index in [4.69, 9.17) is 17.3 Å². The molecule has 0 bridgehead atoms. The van der Waals surface area contributed by atoms with Gasteiger partial charge in [0.2, 0.25) is 10.0 Å². The number of halogens is 1. The van der Waals surface area contributed by atoms with Gasteiger partial charge in [0, 0.05) is 36.1 Å². The lowest BCUT2D eigenvalue weighted by atomic mass is 10.2. The summed E-state index contributed by atoms with van der Waals surface area (Å²) in [6, 6.07) is 2.92. The number of aromatic amines is 1.